The fourth-order valence-corrected chi connectivity index (χ4v) is 3.35. The van der Waals surface area contributed by atoms with Crippen molar-refractivity contribution in [2.24, 2.45) is 4.99 Å². The highest BCUT2D eigenvalue weighted by atomic mass is 16.5. The molecule has 35 heavy (non-hydrogen) atoms. The summed E-state index contributed by atoms with van der Waals surface area (Å²) in [6.45, 7) is 10.7. The van der Waals surface area contributed by atoms with E-state index in [0.717, 1.165) is 11.3 Å². The van der Waals surface area contributed by atoms with Gasteiger partial charge in [0.15, 0.2) is 0 Å². The molecule has 0 saturated carbocycles. The number of anilines is 1. The molecule has 0 heterocycles. The molecule has 0 amide bonds. The van der Waals surface area contributed by atoms with E-state index < -0.39 is 0 Å². The molecular weight excluding hydrogens is 440 g/mol. The predicted molar refractivity (Wildman–Crippen MR) is 140 cm³/mol. The third-order valence-corrected chi connectivity index (χ3v) is 5.30. The summed E-state index contributed by atoms with van der Waals surface area (Å²) in [6.07, 6.45) is 0. The maximum absolute atomic E-state index is 12.0. The second-order valence-corrected chi connectivity index (χ2v) is 8.98. The van der Waals surface area contributed by atoms with Crippen LogP contribution in [0.5, 0.6) is 0 Å². The summed E-state index contributed by atoms with van der Waals surface area (Å²) in [5.74, 6) is -0.0773. The lowest BCUT2D eigenvalue weighted by molar-refractivity contribution is 0.0517. The molecule has 3 aromatic rings. The Balaban J connectivity index is 1.93. The van der Waals surface area contributed by atoms with Gasteiger partial charge in [-0.05, 0) is 73.4 Å². The number of ether oxygens (including phenoxy) is 2. The van der Waals surface area contributed by atoms with Crippen molar-refractivity contribution in [1.29, 1.82) is 0 Å². The van der Waals surface area contributed by atoms with Crippen LogP contribution in [0, 0.1) is 0 Å². The fraction of sp³-hybridized carbons (Fsp3) is 0.276. The van der Waals surface area contributed by atoms with Crippen LogP contribution in [-0.4, -0.2) is 31.0 Å². The maximum Gasteiger partial charge on any atom is 0.338 e. The molecule has 0 aromatic heterocycles. The Hall–Kier alpha value is -3.93. The van der Waals surface area contributed by atoms with Crippen molar-refractivity contribution in [3.05, 3.63) is 95.1 Å². The number of rotatable bonds is 7. The van der Waals surface area contributed by atoms with Crippen LogP contribution in [0.15, 0.2) is 77.8 Å². The van der Waals surface area contributed by atoms with Gasteiger partial charge in [0, 0.05) is 11.3 Å². The fourth-order valence-electron chi connectivity index (χ4n) is 3.35. The number of amidine groups is 1. The summed E-state index contributed by atoms with van der Waals surface area (Å²) in [6, 6.07) is 22.3. The number of carbonyl (C=O) groups is 2. The second-order valence-electron chi connectivity index (χ2n) is 8.98. The van der Waals surface area contributed by atoms with E-state index in [1.165, 1.54) is 5.56 Å². The molecule has 0 unspecified atom stereocenters. The lowest BCUT2D eigenvalue weighted by Gasteiger charge is -2.19. The number of nitrogens with zero attached hydrogens (tertiary/aromatic N) is 1. The second kappa shape index (κ2) is 11.5. The molecule has 1 N–H and O–H groups in total. The number of carbonyl (C=O) groups excluding carboxylic acids is 2. The molecule has 6 heteroatoms. The smallest absolute Gasteiger partial charge is 0.338 e. The van der Waals surface area contributed by atoms with E-state index in [4.69, 9.17) is 14.5 Å². The van der Waals surface area contributed by atoms with Gasteiger partial charge in [-0.25, -0.2) is 14.6 Å². The van der Waals surface area contributed by atoms with Gasteiger partial charge in [0.2, 0.25) is 0 Å². The minimum absolute atomic E-state index is 0.0368. The monoisotopic (exact) mass is 472 g/mol. The molecule has 0 bridgehead atoms. The number of nitrogens with one attached hydrogen (secondary N) is 1. The van der Waals surface area contributed by atoms with Gasteiger partial charge in [-0.15, -0.1) is 0 Å². The molecule has 6 nitrogen and oxygen atoms in total. The number of hydrogen-bond donors (Lipinski definition) is 1. The highest BCUT2D eigenvalue weighted by molar-refractivity contribution is 6.09. The Morgan fingerprint density at radius 1 is 0.714 bits per heavy atom. The summed E-state index contributed by atoms with van der Waals surface area (Å²) >= 11 is 0. The number of benzene rings is 3. The van der Waals surface area contributed by atoms with Crippen molar-refractivity contribution in [2.45, 2.75) is 40.0 Å². The molecule has 0 atom stereocenters. The Labute approximate surface area is 207 Å². The quantitative estimate of drug-likeness (QED) is 0.240. The zero-order valence-corrected chi connectivity index (χ0v) is 20.9. The number of esters is 2. The molecule has 0 aliphatic heterocycles. The predicted octanol–water partition coefficient (Wildman–Crippen LogP) is 6.53. The highest BCUT2D eigenvalue weighted by Gasteiger charge is 2.15. The zero-order chi connectivity index (χ0) is 25.4. The number of hydrogen-bond acceptors (Lipinski definition) is 5. The van der Waals surface area contributed by atoms with Crippen LogP contribution >= 0.6 is 0 Å². The highest BCUT2D eigenvalue weighted by Crippen LogP contribution is 2.24. The van der Waals surface area contributed by atoms with Crippen LogP contribution in [0.25, 0.3) is 0 Å². The van der Waals surface area contributed by atoms with Gasteiger partial charge in [-0.2, -0.15) is 0 Å². The van der Waals surface area contributed by atoms with Gasteiger partial charge in [-0.3, -0.25) is 0 Å². The van der Waals surface area contributed by atoms with E-state index in [1.807, 2.05) is 24.3 Å². The van der Waals surface area contributed by atoms with Gasteiger partial charge >= 0.3 is 11.9 Å². The van der Waals surface area contributed by atoms with Crippen molar-refractivity contribution >= 4 is 29.1 Å². The van der Waals surface area contributed by atoms with E-state index >= 15 is 0 Å². The van der Waals surface area contributed by atoms with Crippen LogP contribution in [0.4, 0.5) is 11.4 Å². The molecule has 3 aromatic carbocycles. The Morgan fingerprint density at radius 3 is 1.63 bits per heavy atom. The first kappa shape index (κ1) is 25.7. The van der Waals surface area contributed by atoms with Gasteiger partial charge in [-0.1, -0.05) is 45.0 Å². The van der Waals surface area contributed by atoms with E-state index in [9.17, 15) is 9.59 Å². The van der Waals surface area contributed by atoms with Crippen molar-refractivity contribution in [2.75, 3.05) is 18.5 Å². The van der Waals surface area contributed by atoms with Crippen LogP contribution in [0.2, 0.25) is 0 Å². The molecule has 0 aliphatic rings. The maximum atomic E-state index is 12.0. The average Bonchev–Trinajstić information content (AvgIpc) is 2.84. The summed E-state index contributed by atoms with van der Waals surface area (Å²) in [4.78, 5) is 28.7. The summed E-state index contributed by atoms with van der Waals surface area (Å²) in [5.41, 5.74) is 4.59. The minimum atomic E-state index is -0.360. The molecule has 182 valence electrons. The summed E-state index contributed by atoms with van der Waals surface area (Å²) < 4.78 is 10.1. The van der Waals surface area contributed by atoms with Crippen molar-refractivity contribution in [1.82, 2.24) is 0 Å². The van der Waals surface area contributed by atoms with E-state index in [-0.39, 0.29) is 17.4 Å². The Kier molecular flexibility index (Phi) is 8.42. The topological polar surface area (TPSA) is 77.0 Å². The van der Waals surface area contributed by atoms with Gasteiger partial charge in [0.05, 0.1) is 30.0 Å². The zero-order valence-electron chi connectivity index (χ0n) is 20.9. The third-order valence-electron chi connectivity index (χ3n) is 5.30. The first-order valence-electron chi connectivity index (χ1n) is 11.7. The van der Waals surface area contributed by atoms with Gasteiger partial charge < -0.3 is 14.8 Å². The molecule has 3 rings (SSSR count). The van der Waals surface area contributed by atoms with Crippen LogP contribution < -0.4 is 5.32 Å². The Bertz CT molecular complexity index is 1170. The first-order chi connectivity index (χ1) is 16.7. The van der Waals surface area contributed by atoms with E-state index in [1.54, 1.807) is 50.2 Å². The molecule has 0 radical (unpaired) electrons. The molecule has 0 fully saturated rings. The lowest BCUT2D eigenvalue weighted by atomic mass is 9.86. The largest absolute Gasteiger partial charge is 0.462 e. The van der Waals surface area contributed by atoms with Crippen molar-refractivity contribution in [3.8, 4) is 0 Å². The van der Waals surface area contributed by atoms with Crippen LogP contribution in [-0.2, 0) is 14.9 Å². The summed E-state index contributed by atoms with van der Waals surface area (Å²) in [7, 11) is 0. The lowest BCUT2D eigenvalue weighted by Crippen LogP contribution is -2.15. The van der Waals surface area contributed by atoms with Crippen LogP contribution in [0.1, 0.15) is 66.5 Å². The first-order valence-corrected chi connectivity index (χ1v) is 11.7. The summed E-state index contributed by atoms with van der Waals surface area (Å²) in [5, 5.41) is 3.36. The Morgan fingerprint density at radius 2 is 1.17 bits per heavy atom. The van der Waals surface area contributed by atoms with Crippen molar-refractivity contribution in [3.63, 3.8) is 0 Å². The van der Waals surface area contributed by atoms with Crippen molar-refractivity contribution < 1.29 is 19.1 Å². The van der Waals surface area contributed by atoms with Crippen LogP contribution in [0.3, 0.4) is 0 Å². The average molecular weight is 473 g/mol. The standard InChI is InChI=1S/C29H32N2O4/c1-6-34-27(32)21-10-16-24(17-11-21)30-26(20-8-14-23(15-9-20)29(3,4)5)31-25-18-12-22(13-19-25)28(33)35-7-2/h8-19H,6-7H2,1-5H3,(H,30,31). The van der Waals surface area contributed by atoms with Gasteiger partial charge in [0.25, 0.3) is 0 Å². The van der Waals surface area contributed by atoms with Gasteiger partial charge in [0.1, 0.15) is 5.84 Å². The normalized spacial score (nSPS) is 11.6. The minimum Gasteiger partial charge on any atom is -0.462 e. The number of aliphatic imine (C=N–C) groups is 1. The van der Waals surface area contributed by atoms with E-state index in [2.05, 4.69) is 38.2 Å². The molecule has 0 aliphatic carbocycles. The molecule has 0 saturated heterocycles. The SMILES string of the molecule is CCOC(=O)c1ccc(/N=C(/Nc2ccc(C(=O)OCC)cc2)c2ccc(C(C)(C)C)cc2)cc1. The van der Waals surface area contributed by atoms with E-state index in [0.29, 0.717) is 35.9 Å². The third kappa shape index (κ3) is 7.03. The molecular formula is C29H32N2O4. The molecule has 0 spiro atoms.